The highest BCUT2D eigenvalue weighted by Crippen LogP contribution is 2.49. The number of rotatable bonds is 6. The molecule has 4 rings (SSSR count). The molecule has 0 radical (unpaired) electrons. The second kappa shape index (κ2) is 9.08. The Bertz CT molecular complexity index is 947. The number of carbonyl (C=O) groups is 1. The largest absolute Gasteiger partial charge is 0.493 e. The molecule has 1 aliphatic carbocycles. The SMILES string of the molecule is Cc1nnc(-c2ccc(OCC[C@@H]3C[C@@H]3C3CCN(C(=O)OC(C)(C)C)CC3)cc2F)o1. The summed E-state index contributed by atoms with van der Waals surface area (Å²) in [7, 11) is 0. The summed E-state index contributed by atoms with van der Waals surface area (Å²) in [5, 5.41) is 7.59. The van der Waals surface area contributed by atoms with Gasteiger partial charge in [-0.05, 0) is 76.3 Å². The lowest BCUT2D eigenvalue weighted by molar-refractivity contribution is 0.0174. The number of likely N-dealkylation sites (tertiary alicyclic amines) is 1. The van der Waals surface area contributed by atoms with E-state index >= 15 is 0 Å². The lowest BCUT2D eigenvalue weighted by Gasteiger charge is -2.33. The van der Waals surface area contributed by atoms with Gasteiger partial charge in [-0.1, -0.05) is 0 Å². The zero-order valence-electron chi connectivity index (χ0n) is 19.3. The second-order valence-corrected chi connectivity index (χ2v) is 9.87. The topological polar surface area (TPSA) is 77.7 Å². The predicted molar refractivity (Wildman–Crippen MR) is 117 cm³/mol. The molecule has 1 aromatic carbocycles. The van der Waals surface area contributed by atoms with E-state index in [9.17, 15) is 9.18 Å². The van der Waals surface area contributed by atoms with Gasteiger partial charge in [-0.2, -0.15) is 0 Å². The Hall–Kier alpha value is -2.64. The molecule has 0 bridgehead atoms. The maximum absolute atomic E-state index is 14.4. The van der Waals surface area contributed by atoms with Gasteiger partial charge in [0.25, 0.3) is 5.89 Å². The monoisotopic (exact) mass is 445 g/mol. The van der Waals surface area contributed by atoms with E-state index in [1.807, 2.05) is 25.7 Å². The summed E-state index contributed by atoms with van der Waals surface area (Å²) in [5.74, 6) is 2.66. The number of nitrogens with zero attached hydrogens (tertiary/aromatic N) is 3. The molecule has 1 aromatic heterocycles. The summed E-state index contributed by atoms with van der Waals surface area (Å²) in [6.07, 6.45) is 4.03. The van der Waals surface area contributed by atoms with Crippen molar-refractivity contribution in [3.8, 4) is 17.2 Å². The second-order valence-electron chi connectivity index (χ2n) is 9.87. The van der Waals surface area contributed by atoms with Crippen LogP contribution in [-0.2, 0) is 4.74 Å². The minimum absolute atomic E-state index is 0.171. The van der Waals surface area contributed by atoms with Gasteiger partial charge in [0.15, 0.2) is 0 Å². The van der Waals surface area contributed by atoms with E-state index in [-0.39, 0.29) is 17.5 Å². The number of piperidine rings is 1. The minimum Gasteiger partial charge on any atom is -0.493 e. The maximum atomic E-state index is 14.4. The van der Waals surface area contributed by atoms with Crippen molar-refractivity contribution in [1.82, 2.24) is 15.1 Å². The molecule has 2 fully saturated rings. The quantitative estimate of drug-likeness (QED) is 0.605. The van der Waals surface area contributed by atoms with E-state index < -0.39 is 11.4 Å². The highest BCUT2D eigenvalue weighted by Gasteiger charge is 2.43. The summed E-state index contributed by atoms with van der Waals surface area (Å²) in [6.45, 7) is 9.45. The van der Waals surface area contributed by atoms with Gasteiger partial charge in [0.2, 0.25) is 5.89 Å². The van der Waals surface area contributed by atoms with Gasteiger partial charge in [0.1, 0.15) is 17.2 Å². The van der Waals surface area contributed by atoms with Gasteiger partial charge in [-0.25, -0.2) is 9.18 Å². The van der Waals surface area contributed by atoms with E-state index in [0.29, 0.717) is 36.0 Å². The molecule has 1 amide bonds. The zero-order chi connectivity index (χ0) is 22.9. The van der Waals surface area contributed by atoms with Crippen LogP contribution < -0.4 is 4.74 Å². The highest BCUT2D eigenvalue weighted by molar-refractivity contribution is 5.68. The van der Waals surface area contributed by atoms with E-state index in [4.69, 9.17) is 13.9 Å². The van der Waals surface area contributed by atoms with Crippen LogP contribution >= 0.6 is 0 Å². The van der Waals surface area contributed by atoms with Crippen molar-refractivity contribution in [2.75, 3.05) is 19.7 Å². The molecule has 0 N–H and O–H groups in total. The summed E-state index contributed by atoms with van der Waals surface area (Å²) >= 11 is 0. The number of aryl methyl sites for hydroxylation is 1. The third-order valence-corrected chi connectivity index (χ3v) is 6.23. The van der Waals surface area contributed by atoms with Crippen molar-refractivity contribution in [2.24, 2.45) is 17.8 Å². The van der Waals surface area contributed by atoms with Crippen molar-refractivity contribution >= 4 is 6.09 Å². The third kappa shape index (κ3) is 5.58. The predicted octanol–water partition coefficient (Wildman–Crippen LogP) is 5.24. The summed E-state index contributed by atoms with van der Waals surface area (Å²) < 4.78 is 30.9. The van der Waals surface area contributed by atoms with E-state index in [2.05, 4.69) is 10.2 Å². The molecule has 2 atom stereocenters. The highest BCUT2D eigenvalue weighted by atomic mass is 19.1. The molecule has 2 aliphatic rings. The van der Waals surface area contributed by atoms with Crippen molar-refractivity contribution in [3.63, 3.8) is 0 Å². The molecule has 2 aromatic rings. The summed E-state index contributed by atoms with van der Waals surface area (Å²) in [6, 6.07) is 4.70. The summed E-state index contributed by atoms with van der Waals surface area (Å²) in [5.41, 5.74) is -0.178. The van der Waals surface area contributed by atoms with Crippen LogP contribution in [0.5, 0.6) is 5.75 Å². The Morgan fingerprint density at radius 1 is 1.25 bits per heavy atom. The summed E-state index contributed by atoms with van der Waals surface area (Å²) in [4.78, 5) is 14.1. The number of carbonyl (C=O) groups excluding carboxylic acids is 1. The Labute approximate surface area is 188 Å². The zero-order valence-corrected chi connectivity index (χ0v) is 19.3. The van der Waals surface area contributed by atoms with Gasteiger partial charge >= 0.3 is 6.09 Å². The smallest absolute Gasteiger partial charge is 0.410 e. The first kappa shape index (κ1) is 22.6. The van der Waals surface area contributed by atoms with Gasteiger partial charge < -0.3 is 18.8 Å². The average Bonchev–Trinajstić information content (AvgIpc) is 3.37. The number of aromatic nitrogens is 2. The fourth-order valence-corrected chi connectivity index (χ4v) is 4.51. The molecule has 8 heteroatoms. The number of benzene rings is 1. The molecular formula is C24H32FN3O4. The first-order valence-electron chi connectivity index (χ1n) is 11.4. The Balaban J connectivity index is 1.18. The van der Waals surface area contributed by atoms with Crippen LogP contribution in [-0.4, -0.2) is 46.5 Å². The van der Waals surface area contributed by atoms with E-state index in [1.165, 1.54) is 12.5 Å². The number of hydrogen-bond acceptors (Lipinski definition) is 6. The number of hydrogen-bond donors (Lipinski definition) is 0. The van der Waals surface area contributed by atoms with Crippen LogP contribution in [0.25, 0.3) is 11.5 Å². The molecule has 174 valence electrons. The molecule has 0 unspecified atom stereocenters. The van der Waals surface area contributed by atoms with Crippen LogP contribution in [0.15, 0.2) is 22.6 Å². The van der Waals surface area contributed by atoms with Crippen LogP contribution in [0.1, 0.15) is 52.3 Å². The van der Waals surface area contributed by atoms with Crippen LogP contribution in [0, 0.1) is 30.5 Å². The molecular weight excluding hydrogens is 413 g/mol. The van der Waals surface area contributed by atoms with E-state index in [1.54, 1.807) is 19.1 Å². The van der Waals surface area contributed by atoms with Crippen molar-refractivity contribution in [1.29, 1.82) is 0 Å². The van der Waals surface area contributed by atoms with Gasteiger partial charge in [-0.3, -0.25) is 0 Å². The lowest BCUT2D eigenvalue weighted by Crippen LogP contribution is -2.42. The molecule has 0 spiro atoms. The van der Waals surface area contributed by atoms with Crippen LogP contribution in [0.4, 0.5) is 9.18 Å². The number of ether oxygens (including phenoxy) is 2. The lowest BCUT2D eigenvalue weighted by atomic mass is 9.90. The Morgan fingerprint density at radius 3 is 2.62 bits per heavy atom. The number of halogens is 1. The molecule has 1 aliphatic heterocycles. The van der Waals surface area contributed by atoms with Crippen molar-refractivity contribution < 1.29 is 23.1 Å². The maximum Gasteiger partial charge on any atom is 0.410 e. The number of amides is 1. The van der Waals surface area contributed by atoms with Gasteiger partial charge in [-0.15, -0.1) is 10.2 Å². The van der Waals surface area contributed by atoms with Crippen molar-refractivity contribution in [3.05, 3.63) is 29.9 Å². The third-order valence-electron chi connectivity index (χ3n) is 6.23. The normalized spacial score (nSPS) is 21.5. The van der Waals surface area contributed by atoms with Gasteiger partial charge in [0, 0.05) is 26.1 Å². The Morgan fingerprint density at radius 2 is 2.00 bits per heavy atom. The molecule has 7 nitrogen and oxygen atoms in total. The first-order valence-corrected chi connectivity index (χ1v) is 11.4. The van der Waals surface area contributed by atoms with E-state index in [0.717, 1.165) is 32.4 Å². The minimum atomic E-state index is -0.454. The molecule has 1 saturated carbocycles. The first-order chi connectivity index (χ1) is 15.2. The molecule has 2 heterocycles. The Kier molecular flexibility index (Phi) is 6.40. The fourth-order valence-electron chi connectivity index (χ4n) is 4.51. The van der Waals surface area contributed by atoms with Crippen LogP contribution in [0.3, 0.4) is 0 Å². The fraction of sp³-hybridized carbons (Fsp3) is 0.625. The van der Waals surface area contributed by atoms with Gasteiger partial charge in [0.05, 0.1) is 12.2 Å². The molecule has 32 heavy (non-hydrogen) atoms. The molecule has 1 saturated heterocycles. The standard InChI is InChI=1S/C24H32FN3O4/c1-15-26-27-22(31-15)19-6-5-18(14-21(19)25)30-12-9-17-13-20(17)16-7-10-28(11-8-16)23(29)32-24(2,3)4/h5-6,14,16-17,20H,7-13H2,1-4H3/t17-,20-/m1/s1. The van der Waals surface area contributed by atoms with Crippen LogP contribution in [0.2, 0.25) is 0 Å². The van der Waals surface area contributed by atoms with Crippen molar-refractivity contribution in [2.45, 2.75) is 59.0 Å². The average molecular weight is 446 g/mol.